The van der Waals surface area contributed by atoms with Crippen LogP contribution < -0.4 is 4.74 Å². The molecule has 3 rings (SSSR count). The number of aromatic nitrogens is 1. The Hall–Kier alpha value is -2.03. The molecule has 2 aromatic rings. The van der Waals surface area contributed by atoms with E-state index >= 15 is 0 Å². The summed E-state index contributed by atoms with van der Waals surface area (Å²) >= 11 is 12.5. The molecule has 0 radical (unpaired) electrons. The lowest BCUT2D eigenvalue weighted by Crippen LogP contribution is -2.51. The Bertz CT molecular complexity index is 918. The third kappa shape index (κ3) is 3.83. The van der Waals surface area contributed by atoms with Crippen LogP contribution in [0.1, 0.15) is 37.8 Å². The zero-order chi connectivity index (χ0) is 19.6. The average Bonchev–Trinajstić information content (AvgIpc) is 2.67. The lowest BCUT2D eigenvalue weighted by Gasteiger charge is -2.38. The fourth-order valence-electron chi connectivity index (χ4n) is 3.56. The highest BCUT2D eigenvalue weighted by molar-refractivity contribution is 6.39. The molecule has 0 unspecified atom stereocenters. The molecular formula is C20H21Cl2N3O2. The molecule has 1 fully saturated rings. The summed E-state index contributed by atoms with van der Waals surface area (Å²) in [5.41, 5.74) is 0.565. The second-order valence-corrected chi connectivity index (χ2v) is 7.78. The molecule has 1 aromatic carbocycles. The number of aryl methyl sites for hydroxylation is 1. The molecule has 1 aliphatic rings. The standard InChI is InChI=1S/C20H21Cl2N3O2/c1-13-6-7-14-15(21)10-16(22)19(18(14)24-13)27-11-17(26)25(2)20(12-23)8-4-3-5-9-20/h6-7,10H,3-5,8-9,11H2,1-2H3. The van der Waals surface area contributed by atoms with Gasteiger partial charge in [0, 0.05) is 18.1 Å². The highest BCUT2D eigenvalue weighted by Gasteiger charge is 2.38. The predicted octanol–water partition coefficient (Wildman–Crippen LogP) is 4.91. The molecular weight excluding hydrogens is 385 g/mol. The summed E-state index contributed by atoms with van der Waals surface area (Å²) in [5, 5.41) is 11.1. The van der Waals surface area contributed by atoms with Crippen molar-refractivity contribution in [2.75, 3.05) is 13.7 Å². The van der Waals surface area contributed by atoms with Gasteiger partial charge in [0.15, 0.2) is 12.4 Å². The highest BCUT2D eigenvalue weighted by Crippen LogP contribution is 2.37. The summed E-state index contributed by atoms with van der Waals surface area (Å²) in [4.78, 5) is 18.7. The van der Waals surface area contributed by atoms with Crippen molar-refractivity contribution in [3.63, 3.8) is 0 Å². The van der Waals surface area contributed by atoms with Gasteiger partial charge in [-0.1, -0.05) is 42.5 Å². The van der Waals surface area contributed by atoms with Gasteiger partial charge in [0.05, 0.1) is 16.1 Å². The van der Waals surface area contributed by atoms with Crippen LogP contribution in [0.4, 0.5) is 0 Å². The Kier molecular flexibility index (Phi) is 5.78. The lowest BCUT2D eigenvalue weighted by molar-refractivity contribution is -0.137. The number of hydrogen-bond acceptors (Lipinski definition) is 4. The number of amides is 1. The van der Waals surface area contributed by atoms with Crippen molar-refractivity contribution in [3.05, 3.63) is 33.9 Å². The number of carbonyl (C=O) groups excluding carboxylic acids is 1. The van der Waals surface area contributed by atoms with Gasteiger partial charge in [-0.15, -0.1) is 0 Å². The predicted molar refractivity (Wildman–Crippen MR) is 106 cm³/mol. The molecule has 1 amide bonds. The van der Waals surface area contributed by atoms with Crippen LogP contribution in [0, 0.1) is 18.3 Å². The second-order valence-electron chi connectivity index (χ2n) is 6.96. The number of nitriles is 1. The molecule has 1 aromatic heterocycles. The SMILES string of the molecule is Cc1ccc2c(Cl)cc(Cl)c(OCC(=O)N(C)C3(C#N)CCCCC3)c2n1. The van der Waals surface area contributed by atoms with Gasteiger partial charge >= 0.3 is 0 Å². The summed E-state index contributed by atoms with van der Waals surface area (Å²) < 4.78 is 5.77. The van der Waals surface area contributed by atoms with Crippen LogP contribution in [-0.2, 0) is 4.79 Å². The van der Waals surface area contributed by atoms with Crippen molar-refractivity contribution in [3.8, 4) is 11.8 Å². The number of likely N-dealkylation sites (N-methyl/N-ethyl adjacent to an activating group) is 1. The van der Waals surface area contributed by atoms with Gasteiger partial charge < -0.3 is 9.64 Å². The first-order valence-electron chi connectivity index (χ1n) is 8.94. The van der Waals surface area contributed by atoms with E-state index in [0.717, 1.165) is 25.0 Å². The minimum absolute atomic E-state index is 0.216. The van der Waals surface area contributed by atoms with Gasteiger partial charge in [-0.25, -0.2) is 4.98 Å². The fourth-order valence-corrected chi connectivity index (χ4v) is 4.13. The molecule has 0 bridgehead atoms. The van der Waals surface area contributed by atoms with Gasteiger partial charge in [0.1, 0.15) is 11.1 Å². The van der Waals surface area contributed by atoms with Crippen molar-refractivity contribution in [1.82, 2.24) is 9.88 Å². The maximum atomic E-state index is 12.7. The largest absolute Gasteiger partial charge is 0.480 e. The number of pyridine rings is 1. The monoisotopic (exact) mass is 405 g/mol. The first-order chi connectivity index (χ1) is 12.9. The number of ether oxygens (including phenoxy) is 1. The van der Waals surface area contributed by atoms with Crippen molar-refractivity contribution in [2.24, 2.45) is 0 Å². The minimum atomic E-state index is -0.751. The van der Waals surface area contributed by atoms with Crippen molar-refractivity contribution < 1.29 is 9.53 Å². The normalized spacial score (nSPS) is 16.0. The topological polar surface area (TPSA) is 66.2 Å². The Labute approximate surface area is 168 Å². The van der Waals surface area contributed by atoms with E-state index in [1.807, 2.05) is 19.1 Å². The van der Waals surface area contributed by atoms with Crippen LogP contribution >= 0.6 is 23.2 Å². The van der Waals surface area contributed by atoms with Crippen LogP contribution in [-0.4, -0.2) is 35.0 Å². The van der Waals surface area contributed by atoms with E-state index in [1.54, 1.807) is 13.1 Å². The van der Waals surface area contributed by atoms with E-state index in [9.17, 15) is 10.1 Å². The van der Waals surface area contributed by atoms with E-state index in [1.165, 1.54) is 4.90 Å². The first kappa shape index (κ1) is 19.7. The number of hydrogen-bond donors (Lipinski definition) is 0. The molecule has 1 saturated carbocycles. The third-order valence-electron chi connectivity index (χ3n) is 5.22. The summed E-state index contributed by atoms with van der Waals surface area (Å²) in [6.07, 6.45) is 4.37. The number of fused-ring (bicyclic) bond motifs is 1. The molecule has 0 atom stereocenters. The minimum Gasteiger partial charge on any atom is -0.480 e. The summed E-state index contributed by atoms with van der Waals surface area (Å²) in [5.74, 6) is 0.0708. The second kappa shape index (κ2) is 7.92. The van der Waals surface area contributed by atoms with Crippen LogP contribution in [0.15, 0.2) is 18.2 Å². The number of benzene rings is 1. The molecule has 5 nitrogen and oxygen atoms in total. The summed E-state index contributed by atoms with van der Waals surface area (Å²) in [7, 11) is 1.67. The number of nitrogens with zero attached hydrogens (tertiary/aromatic N) is 3. The zero-order valence-electron chi connectivity index (χ0n) is 15.4. The van der Waals surface area contributed by atoms with Crippen molar-refractivity contribution in [1.29, 1.82) is 5.26 Å². The van der Waals surface area contributed by atoms with E-state index in [2.05, 4.69) is 11.1 Å². The number of carbonyl (C=O) groups is 1. The Morgan fingerprint density at radius 1 is 1.30 bits per heavy atom. The maximum absolute atomic E-state index is 12.7. The van der Waals surface area contributed by atoms with Gasteiger partial charge in [-0.2, -0.15) is 5.26 Å². The van der Waals surface area contributed by atoms with Crippen LogP contribution in [0.5, 0.6) is 5.75 Å². The Morgan fingerprint density at radius 3 is 2.67 bits per heavy atom. The van der Waals surface area contributed by atoms with Crippen molar-refractivity contribution in [2.45, 2.75) is 44.6 Å². The van der Waals surface area contributed by atoms with Crippen LogP contribution in [0.25, 0.3) is 10.9 Å². The van der Waals surface area contributed by atoms with Gasteiger partial charge in [0.25, 0.3) is 5.91 Å². The molecule has 1 aliphatic carbocycles. The molecule has 1 heterocycles. The number of rotatable bonds is 4. The highest BCUT2D eigenvalue weighted by atomic mass is 35.5. The van der Waals surface area contributed by atoms with Crippen molar-refractivity contribution >= 4 is 40.0 Å². The fraction of sp³-hybridized carbons (Fsp3) is 0.450. The van der Waals surface area contributed by atoms with Gasteiger partial charge in [-0.3, -0.25) is 4.79 Å². The van der Waals surface area contributed by atoms with E-state index < -0.39 is 5.54 Å². The quantitative estimate of drug-likeness (QED) is 0.724. The lowest BCUT2D eigenvalue weighted by atomic mass is 9.81. The summed E-state index contributed by atoms with van der Waals surface area (Å²) in [6.45, 7) is 1.64. The zero-order valence-corrected chi connectivity index (χ0v) is 16.9. The summed E-state index contributed by atoms with van der Waals surface area (Å²) in [6, 6.07) is 7.64. The Morgan fingerprint density at radius 2 is 2.00 bits per heavy atom. The molecule has 0 aliphatic heterocycles. The molecule has 142 valence electrons. The maximum Gasteiger partial charge on any atom is 0.261 e. The van der Waals surface area contributed by atoms with Gasteiger partial charge in [-0.05, 0) is 38.0 Å². The van der Waals surface area contributed by atoms with E-state index in [-0.39, 0.29) is 12.5 Å². The third-order valence-corrected chi connectivity index (χ3v) is 5.82. The molecule has 0 spiro atoms. The first-order valence-corrected chi connectivity index (χ1v) is 9.69. The molecule has 0 saturated heterocycles. The van der Waals surface area contributed by atoms with Gasteiger partial charge in [0.2, 0.25) is 0 Å². The van der Waals surface area contributed by atoms with Crippen LogP contribution in [0.2, 0.25) is 10.0 Å². The molecule has 7 heteroatoms. The van der Waals surface area contributed by atoms with E-state index in [0.29, 0.717) is 39.5 Å². The van der Waals surface area contributed by atoms with E-state index in [4.69, 9.17) is 27.9 Å². The Balaban J connectivity index is 1.83. The molecule has 27 heavy (non-hydrogen) atoms. The smallest absolute Gasteiger partial charge is 0.261 e. The van der Waals surface area contributed by atoms with Crippen LogP contribution in [0.3, 0.4) is 0 Å². The molecule has 0 N–H and O–H groups in total. The average molecular weight is 406 g/mol. The number of halogens is 2.